The molecule has 3 aromatic rings. The summed E-state index contributed by atoms with van der Waals surface area (Å²) in [5.74, 6) is -0.376. The summed E-state index contributed by atoms with van der Waals surface area (Å²) in [5.41, 5.74) is 2.89. The van der Waals surface area contributed by atoms with E-state index in [9.17, 15) is 10.1 Å². The van der Waals surface area contributed by atoms with Gasteiger partial charge in [0, 0.05) is 35.2 Å². The molecule has 0 aliphatic carbocycles. The molecule has 3 rings (SSSR count). The van der Waals surface area contributed by atoms with Crippen LogP contribution in [0.3, 0.4) is 0 Å². The quantitative estimate of drug-likeness (QED) is 0.449. The van der Waals surface area contributed by atoms with Crippen LogP contribution < -0.4 is 5.32 Å². The molecule has 1 aromatic heterocycles. The molecule has 0 bridgehead atoms. The van der Waals surface area contributed by atoms with Crippen LogP contribution in [0.5, 0.6) is 0 Å². The lowest BCUT2D eigenvalue weighted by atomic mass is 10.1. The van der Waals surface area contributed by atoms with Gasteiger partial charge in [0.1, 0.15) is 11.6 Å². The minimum absolute atomic E-state index is 0.0414. The van der Waals surface area contributed by atoms with Crippen molar-refractivity contribution < 1.29 is 4.79 Å². The molecule has 0 radical (unpaired) electrons. The summed E-state index contributed by atoms with van der Waals surface area (Å²) >= 11 is 12.1. The van der Waals surface area contributed by atoms with Crippen LogP contribution >= 0.6 is 23.2 Å². The third kappa shape index (κ3) is 4.39. The summed E-state index contributed by atoms with van der Waals surface area (Å²) in [7, 11) is 0. The van der Waals surface area contributed by atoms with E-state index >= 15 is 0 Å². The highest BCUT2D eigenvalue weighted by Gasteiger charge is 2.13. The molecule has 0 aliphatic heterocycles. The lowest BCUT2D eigenvalue weighted by Gasteiger charge is -2.07. The molecule has 2 aromatic carbocycles. The Kier molecular flexibility index (Phi) is 6.08. The zero-order valence-electron chi connectivity index (χ0n) is 15.5. The summed E-state index contributed by atoms with van der Waals surface area (Å²) in [6.07, 6.45) is 3.57. The molecule has 1 N–H and O–H groups in total. The monoisotopic (exact) mass is 411 g/mol. The number of nitriles is 1. The Labute approximate surface area is 174 Å². The van der Waals surface area contributed by atoms with Crippen molar-refractivity contribution in [1.82, 2.24) is 9.88 Å². The van der Waals surface area contributed by atoms with Crippen LogP contribution in [0.2, 0.25) is 10.0 Å². The first-order chi connectivity index (χ1) is 13.4. The molecule has 0 fully saturated rings. The number of carbonyl (C=O) groups is 1. The number of carbonyl (C=O) groups excluding carboxylic acids is 1. The Morgan fingerprint density at radius 1 is 1.21 bits per heavy atom. The maximum atomic E-state index is 12.3. The number of aromatic nitrogens is 1. The molecule has 1 heterocycles. The van der Waals surface area contributed by atoms with Gasteiger partial charge in [-0.2, -0.15) is 5.26 Å². The number of amides is 1. The fourth-order valence-corrected chi connectivity index (χ4v) is 3.32. The zero-order valence-corrected chi connectivity index (χ0v) is 17.1. The smallest absolute Gasteiger partial charge is 0.262 e. The SMILES string of the molecule is CC(C)NC(=O)C(C#N)=Cc1cn(Cc2ccc(Cl)c(Cl)c2)c2ccccc12. The van der Waals surface area contributed by atoms with Gasteiger partial charge in [-0.15, -0.1) is 0 Å². The number of rotatable bonds is 5. The van der Waals surface area contributed by atoms with Crippen LogP contribution in [0.25, 0.3) is 17.0 Å². The van der Waals surface area contributed by atoms with E-state index in [0.29, 0.717) is 16.6 Å². The van der Waals surface area contributed by atoms with Crippen LogP contribution in [0, 0.1) is 11.3 Å². The van der Waals surface area contributed by atoms with E-state index in [2.05, 4.69) is 9.88 Å². The Balaban J connectivity index is 2.03. The number of halogens is 2. The van der Waals surface area contributed by atoms with Gasteiger partial charge in [0.15, 0.2) is 0 Å². The maximum absolute atomic E-state index is 12.3. The van der Waals surface area contributed by atoms with Crippen molar-refractivity contribution in [3.63, 3.8) is 0 Å². The standard InChI is InChI=1S/C22H19Cl2N3O/c1-14(2)26-22(28)16(11-25)10-17-13-27(21-6-4-3-5-18(17)21)12-15-7-8-19(23)20(24)9-15/h3-10,13-14H,12H2,1-2H3,(H,26,28). The van der Waals surface area contributed by atoms with Crippen molar-refractivity contribution in [2.75, 3.05) is 0 Å². The first-order valence-electron chi connectivity index (χ1n) is 8.83. The fraction of sp³-hybridized carbons (Fsp3) is 0.182. The number of nitrogens with one attached hydrogen (secondary N) is 1. The summed E-state index contributed by atoms with van der Waals surface area (Å²) in [4.78, 5) is 12.3. The molecule has 0 atom stereocenters. The number of nitrogens with zero attached hydrogens (tertiary/aromatic N) is 2. The number of fused-ring (bicyclic) bond motifs is 1. The molecule has 142 valence electrons. The molecule has 0 unspecified atom stereocenters. The molecular weight excluding hydrogens is 393 g/mol. The van der Waals surface area contributed by atoms with Crippen LogP contribution in [-0.4, -0.2) is 16.5 Å². The van der Waals surface area contributed by atoms with Crippen molar-refractivity contribution in [2.45, 2.75) is 26.4 Å². The van der Waals surface area contributed by atoms with Gasteiger partial charge in [-0.1, -0.05) is 47.5 Å². The van der Waals surface area contributed by atoms with Crippen LogP contribution in [0.4, 0.5) is 0 Å². The second kappa shape index (κ2) is 8.52. The highest BCUT2D eigenvalue weighted by Crippen LogP contribution is 2.27. The molecule has 0 saturated carbocycles. The summed E-state index contributed by atoms with van der Waals surface area (Å²) in [6, 6.07) is 15.4. The van der Waals surface area contributed by atoms with Crippen LogP contribution in [0.1, 0.15) is 25.0 Å². The van der Waals surface area contributed by atoms with Gasteiger partial charge in [0.05, 0.1) is 10.0 Å². The van der Waals surface area contributed by atoms with Crippen LogP contribution in [0.15, 0.2) is 54.2 Å². The van der Waals surface area contributed by atoms with Gasteiger partial charge >= 0.3 is 0 Å². The Morgan fingerprint density at radius 3 is 2.64 bits per heavy atom. The van der Waals surface area contributed by atoms with Gasteiger partial charge in [0.2, 0.25) is 0 Å². The zero-order chi connectivity index (χ0) is 20.3. The van der Waals surface area contributed by atoms with Crippen LogP contribution in [-0.2, 0) is 11.3 Å². The van der Waals surface area contributed by atoms with Gasteiger partial charge < -0.3 is 9.88 Å². The van der Waals surface area contributed by atoms with Crippen molar-refractivity contribution >= 4 is 46.1 Å². The molecule has 28 heavy (non-hydrogen) atoms. The third-order valence-electron chi connectivity index (χ3n) is 4.24. The van der Waals surface area contributed by atoms with E-state index in [0.717, 1.165) is 22.0 Å². The van der Waals surface area contributed by atoms with Gasteiger partial charge in [-0.05, 0) is 43.7 Å². The van der Waals surface area contributed by atoms with Crippen molar-refractivity contribution in [3.8, 4) is 6.07 Å². The van der Waals surface area contributed by atoms with Crippen molar-refractivity contribution in [3.05, 3.63) is 75.4 Å². The number of para-hydroxylation sites is 1. The predicted octanol–water partition coefficient (Wildman–Crippen LogP) is 5.43. The van der Waals surface area contributed by atoms with E-state index in [1.54, 1.807) is 12.1 Å². The van der Waals surface area contributed by atoms with Crippen molar-refractivity contribution in [2.24, 2.45) is 0 Å². The summed E-state index contributed by atoms with van der Waals surface area (Å²) in [6.45, 7) is 4.30. The Hall–Kier alpha value is -2.74. The highest BCUT2D eigenvalue weighted by atomic mass is 35.5. The maximum Gasteiger partial charge on any atom is 0.262 e. The Bertz CT molecular complexity index is 1110. The first-order valence-corrected chi connectivity index (χ1v) is 9.59. The van der Waals surface area contributed by atoms with Gasteiger partial charge in [0.25, 0.3) is 5.91 Å². The minimum Gasteiger partial charge on any atom is -0.349 e. The van der Waals surface area contributed by atoms with E-state index in [4.69, 9.17) is 23.2 Å². The van der Waals surface area contributed by atoms with Gasteiger partial charge in [-0.3, -0.25) is 4.79 Å². The lowest BCUT2D eigenvalue weighted by Crippen LogP contribution is -2.30. The summed E-state index contributed by atoms with van der Waals surface area (Å²) in [5, 5.41) is 14.2. The lowest BCUT2D eigenvalue weighted by molar-refractivity contribution is -0.117. The number of hydrogen-bond donors (Lipinski definition) is 1. The minimum atomic E-state index is -0.376. The molecule has 0 spiro atoms. The van der Waals surface area contributed by atoms with E-state index < -0.39 is 0 Å². The molecule has 4 nitrogen and oxygen atoms in total. The van der Waals surface area contributed by atoms with Crippen molar-refractivity contribution in [1.29, 1.82) is 5.26 Å². The number of hydrogen-bond acceptors (Lipinski definition) is 2. The normalized spacial score (nSPS) is 11.6. The first kappa shape index (κ1) is 20.0. The molecule has 0 aliphatic rings. The summed E-state index contributed by atoms with van der Waals surface area (Å²) < 4.78 is 2.07. The average molecular weight is 412 g/mol. The molecule has 6 heteroatoms. The number of benzene rings is 2. The largest absolute Gasteiger partial charge is 0.349 e. The molecule has 1 amide bonds. The van der Waals surface area contributed by atoms with E-state index in [1.165, 1.54) is 0 Å². The predicted molar refractivity (Wildman–Crippen MR) is 114 cm³/mol. The highest BCUT2D eigenvalue weighted by molar-refractivity contribution is 6.42. The van der Waals surface area contributed by atoms with E-state index in [1.807, 2.05) is 62.5 Å². The second-order valence-corrected chi connectivity index (χ2v) is 7.59. The average Bonchev–Trinajstić information content (AvgIpc) is 2.99. The fourth-order valence-electron chi connectivity index (χ4n) is 3.00. The molecular formula is C22H19Cl2N3O. The van der Waals surface area contributed by atoms with E-state index in [-0.39, 0.29) is 17.5 Å². The topological polar surface area (TPSA) is 57.8 Å². The molecule has 0 saturated heterocycles. The third-order valence-corrected chi connectivity index (χ3v) is 4.98. The second-order valence-electron chi connectivity index (χ2n) is 6.78. The Morgan fingerprint density at radius 2 is 1.96 bits per heavy atom. The van der Waals surface area contributed by atoms with Gasteiger partial charge in [-0.25, -0.2) is 0 Å².